The molecule has 24 heavy (non-hydrogen) atoms. The van der Waals surface area contributed by atoms with Crippen LogP contribution in [0.15, 0.2) is 6.07 Å². The first-order valence-electron chi connectivity index (χ1n) is 9.95. The zero-order valence-electron chi connectivity index (χ0n) is 17.6. The molecule has 1 rings (SSSR count). The van der Waals surface area contributed by atoms with Gasteiger partial charge in [0.05, 0.1) is 0 Å². The fraction of sp³-hybridized carbons (Fsp3) is 0.818. The van der Waals surface area contributed by atoms with Gasteiger partial charge in [-0.2, -0.15) is 0 Å². The van der Waals surface area contributed by atoms with Crippen LogP contribution in [0.25, 0.3) is 0 Å². The molecule has 0 saturated carbocycles. The number of aryl methyl sites for hydroxylation is 1. The number of hydrogen-bond acceptors (Lipinski definition) is 2. The van der Waals surface area contributed by atoms with Crippen LogP contribution >= 0.6 is 11.3 Å². The summed E-state index contributed by atoms with van der Waals surface area (Å²) in [5.74, 6) is 0. The van der Waals surface area contributed by atoms with E-state index in [-0.39, 0.29) is 10.8 Å². The Kier molecular flexibility index (Phi) is 8.48. The van der Waals surface area contributed by atoms with Crippen molar-refractivity contribution in [1.29, 1.82) is 0 Å². The lowest BCUT2D eigenvalue weighted by atomic mass is 9.88. The first-order valence-corrected chi connectivity index (χ1v) is 10.8. The van der Waals surface area contributed by atoms with Crippen LogP contribution in [0.2, 0.25) is 0 Å². The Hall–Kier alpha value is -0.340. The third-order valence-corrected chi connectivity index (χ3v) is 6.82. The van der Waals surface area contributed by atoms with Crippen LogP contribution in [0.1, 0.15) is 96.4 Å². The van der Waals surface area contributed by atoms with Gasteiger partial charge < -0.3 is 4.90 Å². The van der Waals surface area contributed by atoms with Crippen LogP contribution in [0.4, 0.5) is 0 Å². The zero-order valence-corrected chi connectivity index (χ0v) is 18.4. The van der Waals surface area contributed by atoms with E-state index >= 15 is 0 Å². The molecule has 0 fully saturated rings. The van der Waals surface area contributed by atoms with Gasteiger partial charge in [-0.05, 0) is 61.4 Å². The average Bonchev–Trinajstić information content (AvgIpc) is 2.91. The fourth-order valence-corrected chi connectivity index (χ4v) is 4.49. The van der Waals surface area contributed by atoms with E-state index in [1.54, 1.807) is 15.3 Å². The van der Waals surface area contributed by atoms with Gasteiger partial charge in [-0.25, -0.2) is 0 Å². The molecular weight excluding hydrogens is 310 g/mol. The van der Waals surface area contributed by atoms with Gasteiger partial charge in [0, 0.05) is 9.75 Å². The van der Waals surface area contributed by atoms with E-state index in [0.29, 0.717) is 0 Å². The maximum absolute atomic E-state index is 2.53. The zero-order chi connectivity index (χ0) is 18.4. The summed E-state index contributed by atoms with van der Waals surface area (Å²) in [6.45, 7) is 22.3. The van der Waals surface area contributed by atoms with Crippen LogP contribution in [0, 0.1) is 0 Å². The summed E-state index contributed by atoms with van der Waals surface area (Å²) in [5, 5.41) is 0. The third-order valence-electron chi connectivity index (χ3n) is 4.79. The summed E-state index contributed by atoms with van der Waals surface area (Å²) in [5.41, 5.74) is 2.15. The second-order valence-electron chi connectivity index (χ2n) is 9.16. The van der Waals surface area contributed by atoms with E-state index in [0.717, 1.165) is 0 Å². The van der Waals surface area contributed by atoms with E-state index in [4.69, 9.17) is 0 Å². The van der Waals surface area contributed by atoms with Gasteiger partial charge in [0.1, 0.15) is 0 Å². The number of hydrogen-bond donors (Lipinski definition) is 0. The Morgan fingerprint density at radius 1 is 0.833 bits per heavy atom. The lowest BCUT2D eigenvalue weighted by molar-refractivity contribution is 0.295. The summed E-state index contributed by atoms with van der Waals surface area (Å²) >= 11 is 2.04. The number of unbranched alkanes of at least 4 members (excludes halogenated alkanes) is 3. The highest BCUT2D eigenvalue weighted by atomic mass is 32.1. The minimum absolute atomic E-state index is 0.270. The molecule has 0 amide bonds. The molecule has 0 radical (unpaired) electrons. The molecule has 0 aliphatic rings. The van der Waals surface area contributed by atoms with Crippen molar-refractivity contribution in [3.63, 3.8) is 0 Å². The van der Waals surface area contributed by atoms with Gasteiger partial charge in [-0.1, -0.05) is 68.2 Å². The highest BCUT2D eigenvalue weighted by molar-refractivity contribution is 7.12. The Bertz CT molecular complexity index is 469. The lowest BCUT2D eigenvalue weighted by Crippen LogP contribution is -2.23. The van der Waals surface area contributed by atoms with Crippen molar-refractivity contribution in [2.45, 2.75) is 98.3 Å². The lowest BCUT2D eigenvalue weighted by Gasteiger charge is -2.20. The third kappa shape index (κ3) is 6.88. The molecule has 1 aromatic heterocycles. The monoisotopic (exact) mass is 351 g/mol. The number of thiophene rings is 1. The molecule has 0 aliphatic carbocycles. The highest BCUT2D eigenvalue weighted by Crippen LogP contribution is 2.39. The number of nitrogens with zero attached hydrogens (tertiary/aromatic N) is 1. The molecule has 0 bridgehead atoms. The minimum atomic E-state index is 0.270. The van der Waals surface area contributed by atoms with Gasteiger partial charge in [0.15, 0.2) is 0 Å². The summed E-state index contributed by atoms with van der Waals surface area (Å²) in [4.78, 5) is 5.69. The Labute approximate surface area is 155 Å². The van der Waals surface area contributed by atoms with Crippen LogP contribution < -0.4 is 0 Å². The first kappa shape index (κ1) is 21.7. The smallest absolute Gasteiger partial charge is 0.0134 e. The largest absolute Gasteiger partial charge is 0.304 e. The second kappa shape index (κ2) is 9.38. The Morgan fingerprint density at radius 2 is 1.42 bits per heavy atom. The molecule has 140 valence electrons. The highest BCUT2D eigenvalue weighted by Gasteiger charge is 2.25. The van der Waals surface area contributed by atoms with Gasteiger partial charge in [-0.15, -0.1) is 11.3 Å². The topological polar surface area (TPSA) is 3.24 Å². The van der Waals surface area contributed by atoms with Crippen molar-refractivity contribution in [2.75, 3.05) is 19.6 Å². The normalized spacial score (nSPS) is 13.0. The predicted molar refractivity (Wildman–Crippen MR) is 112 cm³/mol. The molecule has 1 nitrogen and oxygen atoms in total. The molecule has 0 spiro atoms. The molecule has 0 aromatic carbocycles. The van der Waals surface area contributed by atoms with Crippen molar-refractivity contribution < 1.29 is 0 Å². The summed E-state index contributed by atoms with van der Waals surface area (Å²) in [7, 11) is 0. The SMILES string of the molecule is CCN(CC)CCCCCCc1cc(C(C)(C)C)sc1C(C)(C)C. The second-order valence-corrected chi connectivity index (χ2v) is 10.2. The van der Waals surface area contributed by atoms with Crippen LogP contribution in [-0.2, 0) is 17.3 Å². The standard InChI is InChI=1S/C22H41NS/c1-9-23(10-2)16-14-12-11-13-15-18-17-19(21(3,4)5)24-20(18)22(6,7)8/h17H,9-16H2,1-8H3. The maximum Gasteiger partial charge on any atom is 0.0134 e. The van der Waals surface area contributed by atoms with Crippen molar-refractivity contribution in [2.24, 2.45) is 0 Å². The van der Waals surface area contributed by atoms with E-state index in [1.807, 2.05) is 11.3 Å². The molecule has 2 heteroatoms. The van der Waals surface area contributed by atoms with E-state index in [2.05, 4.69) is 66.4 Å². The van der Waals surface area contributed by atoms with Gasteiger partial charge in [-0.3, -0.25) is 0 Å². The Balaban J connectivity index is 2.54. The van der Waals surface area contributed by atoms with E-state index in [1.165, 1.54) is 51.7 Å². The molecule has 0 saturated heterocycles. The molecular formula is C22H41NS. The molecule has 0 aliphatic heterocycles. The van der Waals surface area contributed by atoms with Crippen molar-refractivity contribution in [1.82, 2.24) is 4.90 Å². The molecule has 0 N–H and O–H groups in total. The minimum Gasteiger partial charge on any atom is -0.304 e. The number of rotatable bonds is 9. The summed E-state index contributed by atoms with van der Waals surface area (Å²) in [6, 6.07) is 2.50. The van der Waals surface area contributed by atoms with E-state index in [9.17, 15) is 0 Å². The predicted octanol–water partition coefficient (Wildman–Crippen LogP) is 6.79. The summed E-state index contributed by atoms with van der Waals surface area (Å²) in [6.07, 6.45) is 6.68. The van der Waals surface area contributed by atoms with Gasteiger partial charge in [0.2, 0.25) is 0 Å². The van der Waals surface area contributed by atoms with Crippen LogP contribution in [0.3, 0.4) is 0 Å². The Morgan fingerprint density at radius 3 is 1.92 bits per heavy atom. The molecule has 1 aromatic rings. The van der Waals surface area contributed by atoms with Gasteiger partial charge in [0.25, 0.3) is 0 Å². The fourth-order valence-electron chi connectivity index (χ4n) is 3.16. The molecule has 0 unspecified atom stereocenters. The average molecular weight is 352 g/mol. The summed E-state index contributed by atoms with van der Waals surface area (Å²) < 4.78 is 0. The van der Waals surface area contributed by atoms with Crippen molar-refractivity contribution in [3.05, 3.63) is 21.4 Å². The van der Waals surface area contributed by atoms with Crippen LogP contribution in [-0.4, -0.2) is 24.5 Å². The van der Waals surface area contributed by atoms with E-state index < -0.39 is 0 Å². The maximum atomic E-state index is 2.53. The van der Waals surface area contributed by atoms with Crippen molar-refractivity contribution >= 4 is 11.3 Å². The van der Waals surface area contributed by atoms with Crippen molar-refractivity contribution in [3.8, 4) is 0 Å². The molecule has 1 heterocycles. The quantitative estimate of drug-likeness (QED) is 0.443. The van der Waals surface area contributed by atoms with Gasteiger partial charge >= 0.3 is 0 Å². The van der Waals surface area contributed by atoms with Crippen LogP contribution in [0.5, 0.6) is 0 Å². The molecule has 0 atom stereocenters. The first-order chi connectivity index (χ1) is 11.1.